The first kappa shape index (κ1) is 12.2. The maximum absolute atomic E-state index is 11.5. The van der Waals surface area contributed by atoms with Crippen molar-refractivity contribution in [3.05, 3.63) is 35.9 Å². The molecule has 0 aliphatic heterocycles. The topological polar surface area (TPSA) is 65.0 Å². The molecule has 3 N–H and O–H groups in total. The van der Waals surface area contributed by atoms with Gasteiger partial charge in [-0.25, -0.2) is 0 Å². The molecule has 0 bridgehead atoms. The van der Waals surface area contributed by atoms with Gasteiger partial charge in [0.25, 0.3) is 0 Å². The number of hydrogen-bond donors (Lipinski definition) is 3. The van der Waals surface area contributed by atoms with Gasteiger partial charge in [0.05, 0.1) is 12.8 Å². The van der Waals surface area contributed by atoms with Crippen LogP contribution in [0.25, 0.3) is 0 Å². The van der Waals surface area contributed by atoms with Crippen LogP contribution in [0.1, 0.15) is 12.0 Å². The summed E-state index contributed by atoms with van der Waals surface area (Å²) in [6, 6.07) is 9.67. The van der Waals surface area contributed by atoms with Gasteiger partial charge in [-0.3, -0.25) is 10.2 Å². The Bertz CT molecular complexity index is 324. The van der Waals surface area contributed by atoms with E-state index in [1.54, 1.807) is 0 Å². The van der Waals surface area contributed by atoms with Crippen molar-refractivity contribution in [2.45, 2.75) is 12.8 Å². The summed E-state index contributed by atoms with van der Waals surface area (Å²) in [5.74, 6) is 0.0426. The molecule has 86 valence electrons. The van der Waals surface area contributed by atoms with Gasteiger partial charge in [0.15, 0.2) is 0 Å². The number of amides is 1. The van der Waals surface area contributed by atoms with Crippen LogP contribution in [0, 0.1) is 5.41 Å². The summed E-state index contributed by atoms with van der Waals surface area (Å²) in [5.41, 5.74) is 1.03. The van der Waals surface area contributed by atoms with E-state index in [2.05, 4.69) is 10.6 Å². The van der Waals surface area contributed by atoms with Crippen LogP contribution in [-0.2, 0) is 11.2 Å². The predicted molar refractivity (Wildman–Crippen MR) is 64.6 cm³/mol. The van der Waals surface area contributed by atoms with Crippen molar-refractivity contribution in [2.75, 3.05) is 13.1 Å². The number of carbonyl (C=O) groups excluding carboxylic acids is 1. The van der Waals surface area contributed by atoms with E-state index in [0.717, 1.165) is 24.9 Å². The molecule has 0 saturated heterocycles. The van der Waals surface area contributed by atoms with Crippen molar-refractivity contribution in [2.24, 2.45) is 0 Å². The lowest BCUT2D eigenvalue weighted by molar-refractivity contribution is -0.120. The number of hydrogen-bond acceptors (Lipinski definition) is 2. The average molecular weight is 219 g/mol. The molecule has 4 heteroatoms. The maximum Gasteiger partial charge on any atom is 0.224 e. The Hall–Kier alpha value is -1.84. The molecule has 16 heavy (non-hydrogen) atoms. The molecule has 0 unspecified atom stereocenters. The van der Waals surface area contributed by atoms with Crippen molar-refractivity contribution in [1.29, 1.82) is 5.41 Å². The Kier molecular flexibility index (Phi) is 5.70. The molecule has 1 aromatic carbocycles. The zero-order valence-corrected chi connectivity index (χ0v) is 9.20. The molecule has 0 heterocycles. The van der Waals surface area contributed by atoms with Crippen LogP contribution in [0.15, 0.2) is 30.3 Å². The molecule has 0 fully saturated rings. The van der Waals surface area contributed by atoms with E-state index in [1.165, 1.54) is 0 Å². The molecule has 0 aliphatic rings. The van der Waals surface area contributed by atoms with Crippen molar-refractivity contribution >= 4 is 12.2 Å². The van der Waals surface area contributed by atoms with Gasteiger partial charge in [-0.2, -0.15) is 0 Å². The molecule has 1 amide bonds. The molecule has 4 nitrogen and oxygen atoms in total. The Morgan fingerprint density at radius 3 is 2.69 bits per heavy atom. The summed E-state index contributed by atoms with van der Waals surface area (Å²) in [7, 11) is 0. The lowest BCUT2D eigenvalue weighted by Crippen LogP contribution is -2.28. The fourth-order valence-corrected chi connectivity index (χ4v) is 1.33. The van der Waals surface area contributed by atoms with Crippen molar-refractivity contribution < 1.29 is 4.79 Å². The SMILES string of the molecule is N=CNCCCNC(=O)Cc1ccccc1. The minimum Gasteiger partial charge on any atom is -0.377 e. The van der Waals surface area contributed by atoms with Gasteiger partial charge >= 0.3 is 0 Å². The minimum atomic E-state index is 0.0426. The lowest BCUT2D eigenvalue weighted by atomic mass is 10.1. The summed E-state index contributed by atoms with van der Waals surface area (Å²) < 4.78 is 0. The summed E-state index contributed by atoms with van der Waals surface area (Å²) in [4.78, 5) is 11.5. The van der Waals surface area contributed by atoms with Crippen LogP contribution in [-0.4, -0.2) is 25.3 Å². The highest BCUT2D eigenvalue weighted by atomic mass is 16.1. The third-order valence-corrected chi connectivity index (χ3v) is 2.13. The standard InChI is InChI=1S/C12H17N3O/c13-10-14-7-4-8-15-12(16)9-11-5-2-1-3-6-11/h1-3,5-6,10H,4,7-9H2,(H2,13,14)(H,15,16). The van der Waals surface area contributed by atoms with Crippen LogP contribution in [0.5, 0.6) is 0 Å². The van der Waals surface area contributed by atoms with Gasteiger partial charge < -0.3 is 10.6 Å². The zero-order valence-electron chi connectivity index (χ0n) is 9.20. The quantitative estimate of drug-likeness (QED) is 0.363. The molecule has 0 saturated carbocycles. The Balaban J connectivity index is 2.14. The normalized spacial score (nSPS) is 9.50. The first-order valence-corrected chi connectivity index (χ1v) is 5.36. The fraction of sp³-hybridized carbons (Fsp3) is 0.333. The van der Waals surface area contributed by atoms with Gasteiger partial charge in [0.2, 0.25) is 5.91 Å². The van der Waals surface area contributed by atoms with Gasteiger partial charge in [-0.1, -0.05) is 30.3 Å². The van der Waals surface area contributed by atoms with E-state index in [1.807, 2.05) is 30.3 Å². The van der Waals surface area contributed by atoms with Crippen molar-refractivity contribution in [3.63, 3.8) is 0 Å². The second-order valence-electron chi connectivity index (χ2n) is 3.46. The second-order valence-corrected chi connectivity index (χ2v) is 3.46. The monoisotopic (exact) mass is 219 g/mol. The number of nitrogens with one attached hydrogen (secondary N) is 3. The first-order chi connectivity index (χ1) is 7.83. The van der Waals surface area contributed by atoms with Gasteiger partial charge in [-0.05, 0) is 12.0 Å². The average Bonchev–Trinajstić information content (AvgIpc) is 2.30. The smallest absolute Gasteiger partial charge is 0.224 e. The van der Waals surface area contributed by atoms with Crippen LogP contribution < -0.4 is 10.6 Å². The van der Waals surface area contributed by atoms with Crippen LogP contribution in [0.3, 0.4) is 0 Å². The first-order valence-electron chi connectivity index (χ1n) is 5.36. The Labute approximate surface area is 95.6 Å². The molecule has 0 atom stereocenters. The van der Waals surface area contributed by atoms with E-state index in [-0.39, 0.29) is 5.91 Å². The van der Waals surface area contributed by atoms with E-state index < -0.39 is 0 Å². The third kappa shape index (κ3) is 5.14. The van der Waals surface area contributed by atoms with Gasteiger partial charge in [-0.15, -0.1) is 0 Å². The lowest BCUT2D eigenvalue weighted by Gasteiger charge is -2.05. The second kappa shape index (κ2) is 7.45. The maximum atomic E-state index is 11.5. The molecule has 0 radical (unpaired) electrons. The largest absolute Gasteiger partial charge is 0.377 e. The molecular weight excluding hydrogens is 202 g/mol. The fourth-order valence-electron chi connectivity index (χ4n) is 1.33. The zero-order chi connectivity index (χ0) is 11.6. The van der Waals surface area contributed by atoms with E-state index in [0.29, 0.717) is 13.0 Å². The molecule has 0 aromatic heterocycles. The van der Waals surface area contributed by atoms with Crippen molar-refractivity contribution in [1.82, 2.24) is 10.6 Å². The van der Waals surface area contributed by atoms with Crippen molar-refractivity contribution in [3.8, 4) is 0 Å². The Morgan fingerprint density at radius 1 is 1.25 bits per heavy atom. The highest BCUT2D eigenvalue weighted by Gasteiger charge is 2.01. The number of carbonyl (C=O) groups is 1. The molecule has 1 aromatic rings. The van der Waals surface area contributed by atoms with Crippen LogP contribution in [0.4, 0.5) is 0 Å². The van der Waals surface area contributed by atoms with Crippen LogP contribution in [0.2, 0.25) is 0 Å². The minimum absolute atomic E-state index is 0.0426. The number of benzene rings is 1. The highest BCUT2D eigenvalue weighted by Crippen LogP contribution is 1.98. The molecular formula is C12H17N3O. The molecule has 0 aliphatic carbocycles. The molecule has 0 spiro atoms. The van der Waals surface area contributed by atoms with E-state index in [4.69, 9.17) is 5.41 Å². The summed E-state index contributed by atoms with van der Waals surface area (Å²) in [6.45, 7) is 1.36. The predicted octanol–water partition coefficient (Wildman–Crippen LogP) is 0.932. The summed E-state index contributed by atoms with van der Waals surface area (Å²) in [6.07, 6.45) is 2.42. The Morgan fingerprint density at radius 2 is 2.00 bits per heavy atom. The van der Waals surface area contributed by atoms with E-state index >= 15 is 0 Å². The summed E-state index contributed by atoms with van der Waals surface area (Å²) in [5, 5.41) is 12.3. The van der Waals surface area contributed by atoms with Gasteiger partial charge in [0.1, 0.15) is 0 Å². The number of rotatable bonds is 7. The molecule has 1 rings (SSSR count). The summed E-state index contributed by atoms with van der Waals surface area (Å²) >= 11 is 0. The third-order valence-electron chi connectivity index (χ3n) is 2.13. The van der Waals surface area contributed by atoms with Gasteiger partial charge in [0, 0.05) is 13.1 Å². The van der Waals surface area contributed by atoms with E-state index in [9.17, 15) is 4.79 Å². The van der Waals surface area contributed by atoms with Crippen LogP contribution >= 0.6 is 0 Å². The highest BCUT2D eigenvalue weighted by molar-refractivity contribution is 5.78.